The van der Waals surface area contributed by atoms with Gasteiger partial charge in [-0.2, -0.15) is 0 Å². The van der Waals surface area contributed by atoms with Crippen molar-refractivity contribution in [1.29, 1.82) is 0 Å². The van der Waals surface area contributed by atoms with Crippen molar-refractivity contribution in [2.24, 2.45) is 11.7 Å². The minimum atomic E-state index is -0.625. The Morgan fingerprint density at radius 1 is 1.60 bits per heavy atom. The van der Waals surface area contributed by atoms with Crippen molar-refractivity contribution >= 4 is 5.91 Å². The lowest BCUT2D eigenvalue weighted by molar-refractivity contribution is -0.124. The summed E-state index contributed by atoms with van der Waals surface area (Å²) in [5.74, 6) is 0.0413. The van der Waals surface area contributed by atoms with Crippen molar-refractivity contribution in [3.63, 3.8) is 0 Å². The smallest absolute Gasteiger partial charge is 0.237 e. The Labute approximate surface area is 91.2 Å². The monoisotopic (exact) mass is 214 g/mol. The lowest BCUT2D eigenvalue weighted by atomic mass is 10.0. The van der Waals surface area contributed by atoms with Crippen molar-refractivity contribution < 1.29 is 9.90 Å². The summed E-state index contributed by atoms with van der Waals surface area (Å²) in [5.41, 5.74) is 5.11. The van der Waals surface area contributed by atoms with Crippen LogP contribution in [0.25, 0.3) is 0 Å². The zero-order chi connectivity index (χ0) is 11.6. The third-order valence-corrected chi connectivity index (χ3v) is 3.08. The second-order valence-electron chi connectivity index (χ2n) is 5.22. The van der Waals surface area contributed by atoms with E-state index in [1.807, 2.05) is 20.8 Å². The molecule has 1 rings (SSSR count). The second kappa shape index (κ2) is 4.49. The minimum Gasteiger partial charge on any atom is -0.390 e. The first-order valence-corrected chi connectivity index (χ1v) is 5.60. The number of carbonyl (C=O) groups excluding carboxylic acids is 1. The molecule has 0 aromatic rings. The normalized spacial score (nSPS) is 33.1. The Bertz CT molecular complexity index is 239. The number of aliphatic hydroxyl groups is 1. The molecule has 15 heavy (non-hydrogen) atoms. The largest absolute Gasteiger partial charge is 0.390 e. The standard InChI is InChI=1S/C11H22N2O2/c1-7(2)9(12)10(14)13-8-4-5-11(3,15)6-8/h7-9,15H,4-6,12H2,1-3H3,(H,13,14)/t8-,9-,11-/m1/s1. The van der Waals surface area contributed by atoms with E-state index in [0.717, 1.165) is 12.8 Å². The third-order valence-electron chi connectivity index (χ3n) is 3.08. The fourth-order valence-corrected chi connectivity index (χ4v) is 1.94. The molecule has 1 saturated carbocycles. The topological polar surface area (TPSA) is 75.4 Å². The molecule has 0 heterocycles. The molecule has 1 aliphatic rings. The van der Waals surface area contributed by atoms with Gasteiger partial charge in [-0.25, -0.2) is 0 Å². The minimum absolute atomic E-state index is 0.0808. The highest BCUT2D eigenvalue weighted by Gasteiger charge is 2.34. The molecule has 0 unspecified atom stereocenters. The molecule has 4 nitrogen and oxygen atoms in total. The van der Waals surface area contributed by atoms with Gasteiger partial charge in [-0.1, -0.05) is 13.8 Å². The molecular formula is C11H22N2O2. The van der Waals surface area contributed by atoms with E-state index in [4.69, 9.17) is 5.73 Å². The zero-order valence-corrected chi connectivity index (χ0v) is 9.79. The Morgan fingerprint density at radius 2 is 2.20 bits per heavy atom. The number of nitrogens with two attached hydrogens (primary N) is 1. The number of amides is 1. The molecule has 4 heteroatoms. The van der Waals surface area contributed by atoms with Crippen molar-refractivity contribution in [3.05, 3.63) is 0 Å². The van der Waals surface area contributed by atoms with Crippen LogP contribution >= 0.6 is 0 Å². The summed E-state index contributed by atoms with van der Waals surface area (Å²) in [6.07, 6.45) is 2.21. The summed E-state index contributed by atoms with van der Waals surface area (Å²) in [6.45, 7) is 5.66. The zero-order valence-electron chi connectivity index (χ0n) is 9.79. The molecule has 0 radical (unpaired) electrons. The first kappa shape index (κ1) is 12.5. The van der Waals surface area contributed by atoms with Crippen LogP contribution in [0.5, 0.6) is 0 Å². The van der Waals surface area contributed by atoms with E-state index in [2.05, 4.69) is 5.32 Å². The predicted molar refractivity (Wildman–Crippen MR) is 59.2 cm³/mol. The van der Waals surface area contributed by atoms with Crippen molar-refractivity contribution in [2.45, 2.75) is 57.7 Å². The molecule has 0 saturated heterocycles. The van der Waals surface area contributed by atoms with Gasteiger partial charge in [0.25, 0.3) is 0 Å². The van der Waals surface area contributed by atoms with Crippen molar-refractivity contribution in [3.8, 4) is 0 Å². The van der Waals surface area contributed by atoms with E-state index in [1.165, 1.54) is 0 Å². The molecule has 1 amide bonds. The molecule has 3 atom stereocenters. The van der Waals surface area contributed by atoms with Crippen LogP contribution in [0.1, 0.15) is 40.0 Å². The molecule has 0 aliphatic heterocycles. The van der Waals surface area contributed by atoms with Gasteiger partial charge in [0.1, 0.15) is 0 Å². The lowest BCUT2D eigenvalue weighted by Crippen LogP contribution is -2.47. The maximum atomic E-state index is 11.6. The summed E-state index contributed by atoms with van der Waals surface area (Å²) >= 11 is 0. The van der Waals surface area contributed by atoms with Gasteiger partial charge >= 0.3 is 0 Å². The quantitative estimate of drug-likeness (QED) is 0.636. The SMILES string of the molecule is CC(C)[C@@H](N)C(=O)N[C@@H]1CC[C@@](C)(O)C1. The van der Waals surface area contributed by atoms with Crippen LogP contribution in [-0.4, -0.2) is 28.7 Å². The second-order valence-corrected chi connectivity index (χ2v) is 5.22. The summed E-state index contributed by atoms with van der Waals surface area (Å²) in [5, 5.41) is 12.6. The van der Waals surface area contributed by atoms with Crippen molar-refractivity contribution in [1.82, 2.24) is 5.32 Å². The average molecular weight is 214 g/mol. The molecule has 0 aromatic heterocycles. The molecule has 4 N–H and O–H groups in total. The number of nitrogens with one attached hydrogen (secondary N) is 1. The Balaban J connectivity index is 2.40. The summed E-state index contributed by atoms with van der Waals surface area (Å²) in [6, 6.07) is -0.368. The highest BCUT2D eigenvalue weighted by Crippen LogP contribution is 2.29. The van der Waals surface area contributed by atoms with Gasteiger partial charge in [0, 0.05) is 6.04 Å². The van der Waals surface area contributed by atoms with Gasteiger partial charge in [0.2, 0.25) is 5.91 Å². The molecule has 0 aromatic carbocycles. The first-order chi connectivity index (χ1) is 6.82. The molecule has 88 valence electrons. The van der Waals surface area contributed by atoms with Gasteiger partial charge in [-0.15, -0.1) is 0 Å². The van der Waals surface area contributed by atoms with E-state index < -0.39 is 11.6 Å². The highest BCUT2D eigenvalue weighted by atomic mass is 16.3. The van der Waals surface area contributed by atoms with Crippen LogP contribution in [0.2, 0.25) is 0 Å². The average Bonchev–Trinajstić information content (AvgIpc) is 2.43. The number of hydrogen-bond donors (Lipinski definition) is 3. The van der Waals surface area contributed by atoms with Crippen LogP contribution in [0.15, 0.2) is 0 Å². The first-order valence-electron chi connectivity index (χ1n) is 5.60. The Kier molecular flexibility index (Phi) is 3.73. The van der Waals surface area contributed by atoms with Crippen LogP contribution < -0.4 is 11.1 Å². The fraction of sp³-hybridized carbons (Fsp3) is 0.909. The predicted octanol–water partition coefficient (Wildman–Crippen LogP) is 0.389. The summed E-state index contributed by atoms with van der Waals surface area (Å²) in [4.78, 5) is 11.6. The van der Waals surface area contributed by atoms with Crippen LogP contribution in [0.4, 0.5) is 0 Å². The number of rotatable bonds is 3. The van der Waals surface area contributed by atoms with E-state index in [1.54, 1.807) is 0 Å². The van der Waals surface area contributed by atoms with Gasteiger partial charge < -0.3 is 16.2 Å². The van der Waals surface area contributed by atoms with Gasteiger partial charge in [0.05, 0.1) is 11.6 Å². The van der Waals surface area contributed by atoms with Crippen LogP contribution in [0, 0.1) is 5.92 Å². The third kappa shape index (κ3) is 3.47. The fourth-order valence-electron chi connectivity index (χ4n) is 1.94. The lowest BCUT2D eigenvalue weighted by Gasteiger charge is -2.20. The van der Waals surface area contributed by atoms with Crippen LogP contribution in [-0.2, 0) is 4.79 Å². The molecule has 1 aliphatic carbocycles. The Hall–Kier alpha value is -0.610. The molecule has 0 bridgehead atoms. The van der Waals surface area contributed by atoms with Crippen LogP contribution in [0.3, 0.4) is 0 Å². The Morgan fingerprint density at radius 3 is 2.60 bits per heavy atom. The van der Waals surface area contributed by atoms with Gasteiger partial charge in [-0.05, 0) is 32.1 Å². The van der Waals surface area contributed by atoms with Gasteiger partial charge in [-0.3, -0.25) is 4.79 Å². The number of hydrogen-bond acceptors (Lipinski definition) is 3. The van der Waals surface area contributed by atoms with E-state index in [0.29, 0.717) is 6.42 Å². The summed E-state index contributed by atoms with van der Waals surface area (Å²) in [7, 11) is 0. The highest BCUT2D eigenvalue weighted by molar-refractivity contribution is 5.82. The maximum Gasteiger partial charge on any atom is 0.237 e. The van der Waals surface area contributed by atoms with E-state index in [-0.39, 0.29) is 17.9 Å². The molecule has 1 fully saturated rings. The summed E-state index contributed by atoms with van der Waals surface area (Å²) < 4.78 is 0. The molecular weight excluding hydrogens is 192 g/mol. The number of carbonyl (C=O) groups is 1. The van der Waals surface area contributed by atoms with E-state index >= 15 is 0 Å². The maximum absolute atomic E-state index is 11.6. The van der Waals surface area contributed by atoms with Crippen molar-refractivity contribution in [2.75, 3.05) is 0 Å². The van der Waals surface area contributed by atoms with Gasteiger partial charge in [0.15, 0.2) is 0 Å². The van der Waals surface area contributed by atoms with E-state index in [9.17, 15) is 9.90 Å². The molecule has 0 spiro atoms.